The van der Waals surface area contributed by atoms with Crippen molar-refractivity contribution >= 4 is 11.9 Å². The van der Waals surface area contributed by atoms with Crippen molar-refractivity contribution in [1.29, 1.82) is 0 Å². The topological polar surface area (TPSA) is 78.4 Å². The van der Waals surface area contributed by atoms with Crippen LogP contribution in [0.5, 0.6) is 0 Å². The molecular formula is C15H26N2O3. The van der Waals surface area contributed by atoms with Gasteiger partial charge in [0, 0.05) is 0 Å². The van der Waals surface area contributed by atoms with E-state index in [1.54, 1.807) is 27.7 Å². The van der Waals surface area contributed by atoms with Crippen molar-refractivity contribution in [2.75, 3.05) is 6.54 Å². The first-order valence-corrected chi connectivity index (χ1v) is 7.45. The van der Waals surface area contributed by atoms with Gasteiger partial charge in [-0.05, 0) is 58.9 Å². The number of carbonyl (C=O) groups is 2. The fourth-order valence-electron chi connectivity index (χ4n) is 3.28. The summed E-state index contributed by atoms with van der Waals surface area (Å²) in [6, 6.07) is -0.161. The number of carboxylic acid groups (broad SMARTS) is 1. The smallest absolute Gasteiger partial charge is 0.311 e. The second kappa shape index (κ2) is 5.02. The molecule has 0 aromatic heterocycles. The number of nitrogens with one attached hydrogen (secondary N) is 2. The number of carbonyl (C=O) groups excluding carboxylic acids is 1. The minimum absolute atomic E-state index is 0.0567. The lowest BCUT2D eigenvalue weighted by Gasteiger charge is -2.39. The highest BCUT2D eigenvalue weighted by Gasteiger charge is 2.48. The van der Waals surface area contributed by atoms with E-state index in [0.717, 1.165) is 13.0 Å². The minimum Gasteiger partial charge on any atom is -0.481 e. The highest BCUT2D eigenvalue weighted by Crippen LogP contribution is 2.38. The molecule has 2 rings (SSSR count). The molecule has 5 nitrogen and oxygen atoms in total. The summed E-state index contributed by atoms with van der Waals surface area (Å²) in [5.41, 5.74) is -1.81. The second-order valence-corrected chi connectivity index (χ2v) is 7.29. The molecule has 3 atom stereocenters. The van der Waals surface area contributed by atoms with Crippen molar-refractivity contribution in [3.63, 3.8) is 0 Å². The van der Waals surface area contributed by atoms with E-state index in [2.05, 4.69) is 10.6 Å². The molecule has 2 aliphatic rings. The van der Waals surface area contributed by atoms with Crippen molar-refractivity contribution in [1.82, 2.24) is 10.6 Å². The Hall–Kier alpha value is -1.10. The molecule has 5 heteroatoms. The van der Waals surface area contributed by atoms with Gasteiger partial charge >= 0.3 is 5.97 Å². The van der Waals surface area contributed by atoms with E-state index < -0.39 is 16.9 Å². The molecule has 3 N–H and O–H groups in total. The number of rotatable bonds is 4. The molecule has 1 aliphatic heterocycles. The van der Waals surface area contributed by atoms with E-state index in [1.807, 2.05) is 0 Å². The van der Waals surface area contributed by atoms with Gasteiger partial charge in [-0.2, -0.15) is 0 Å². The third-order valence-corrected chi connectivity index (χ3v) is 5.56. The normalized spacial score (nSPS) is 30.1. The number of fused-ring (bicyclic) bond motifs is 1. The van der Waals surface area contributed by atoms with E-state index in [9.17, 15) is 14.7 Å². The maximum Gasteiger partial charge on any atom is 0.311 e. The van der Waals surface area contributed by atoms with Crippen molar-refractivity contribution in [3.8, 4) is 0 Å². The average Bonchev–Trinajstić information content (AvgIpc) is 2.88. The SMILES string of the molecule is CC(C)(NC(=O)C1NCC2CCCC21)C(C)(C)C(=O)O. The summed E-state index contributed by atoms with van der Waals surface area (Å²) in [5, 5.41) is 15.6. The zero-order valence-corrected chi connectivity index (χ0v) is 12.8. The predicted molar refractivity (Wildman–Crippen MR) is 76.3 cm³/mol. The lowest BCUT2D eigenvalue weighted by Crippen LogP contribution is -2.60. The van der Waals surface area contributed by atoms with Gasteiger partial charge in [-0.15, -0.1) is 0 Å². The Kier molecular flexibility index (Phi) is 3.84. The first-order valence-electron chi connectivity index (χ1n) is 7.45. The predicted octanol–water partition coefficient (Wildman–Crippen LogP) is 1.38. The quantitative estimate of drug-likeness (QED) is 0.728. The van der Waals surface area contributed by atoms with Gasteiger partial charge < -0.3 is 15.7 Å². The molecule has 3 unspecified atom stereocenters. The van der Waals surface area contributed by atoms with Gasteiger partial charge in [0.2, 0.25) is 5.91 Å². The molecule has 1 amide bonds. The van der Waals surface area contributed by atoms with Gasteiger partial charge in [-0.25, -0.2) is 0 Å². The third-order valence-electron chi connectivity index (χ3n) is 5.56. The minimum atomic E-state index is -1.02. The van der Waals surface area contributed by atoms with E-state index in [1.165, 1.54) is 12.8 Å². The van der Waals surface area contributed by atoms with E-state index in [0.29, 0.717) is 11.8 Å². The lowest BCUT2D eigenvalue weighted by atomic mass is 9.74. The molecule has 0 bridgehead atoms. The van der Waals surface area contributed by atoms with Crippen molar-refractivity contribution in [3.05, 3.63) is 0 Å². The van der Waals surface area contributed by atoms with Crippen LogP contribution in [-0.4, -0.2) is 35.1 Å². The van der Waals surface area contributed by atoms with Crippen LogP contribution in [0, 0.1) is 17.3 Å². The highest BCUT2D eigenvalue weighted by molar-refractivity contribution is 5.85. The lowest BCUT2D eigenvalue weighted by molar-refractivity contribution is -0.152. The molecule has 0 aromatic carbocycles. The number of hydrogen-bond acceptors (Lipinski definition) is 3. The molecule has 20 heavy (non-hydrogen) atoms. The van der Waals surface area contributed by atoms with Gasteiger partial charge in [0.05, 0.1) is 17.0 Å². The Labute approximate surface area is 120 Å². The van der Waals surface area contributed by atoms with Crippen LogP contribution in [0.25, 0.3) is 0 Å². The standard InChI is InChI=1S/C15H26N2O3/c1-14(2,13(19)20)15(3,4)17-12(18)11-10-7-5-6-9(10)8-16-11/h9-11,16H,5-8H2,1-4H3,(H,17,18)(H,19,20). The Morgan fingerprint density at radius 1 is 1.20 bits per heavy atom. The monoisotopic (exact) mass is 282 g/mol. The number of aliphatic carboxylic acids is 1. The van der Waals surface area contributed by atoms with Crippen molar-refractivity contribution in [2.24, 2.45) is 17.3 Å². The number of carboxylic acids is 1. The molecular weight excluding hydrogens is 256 g/mol. The first kappa shape index (κ1) is 15.3. The first-order chi connectivity index (χ1) is 9.17. The summed E-state index contributed by atoms with van der Waals surface area (Å²) >= 11 is 0. The van der Waals surface area contributed by atoms with E-state index >= 15 is 0 Å². The maximum absolute atomic E-state index is 12.5. The molecule has 1 saturated heterocycles. The van der Waals surface area contributed by atoms with Crippen LogP contribution < -0.4 is 10.6 Å². The molecule has 1 saturated carbocycles. The van der Waals surface area contributed by atoms with Gasteiger partial charge in [-0.3, -0.25) is 9.59 Å². The van der Waals surface area contributed by atoms with Gasteiger partial charge in [0.1, 0.15) is 0 Å². The fourth-order valence-corrected chi connectivity index (χ4v) is 3.28. The summed E-state index contributed by atoms with van der Waals surface area (Å²) in [4.78, 5) is 23.9. The molecule has 0 spiro atoms. The zero-order chi connectivity index (χ0) is 15.1. The van der Waals surface area contributed by atoms with Crippen LogP contribution in [0.4, 0.5) is 0 Å². The molecule has 1 aliphatic carbocycles. The van der Waals surface area contributed by atoms with Crippen LogP contribution >= 0.6 is 0 Å². The molecule has 114 valence electrons. The Balaban J connectivity index is 2.06. The van der Waals surface area contributed by atoms with Crippen molar-refractivity contribution < 1.29 is 14.7 Å². The van der Waals surface area contributed by atoms with E-state index in [4.69, 9.17) is 0 Å². The Bertz CT molecular complexity index is 417. The van der Waals surface area contributed by atoms with Crippen LogP contribution in [0.15, 0.2) is 0 Å². The number of amides is 1. The summed E-state index contributed by atoms with van der Waals surface area (Å²) in [7, 11) is 0. The van der Waals surface area contributed by atoms with Crippen LogP contribution in [0.1, 0.15) is 47.0 Å². The third kappa shape index (κ3) is 2.43. The average molecular weight is 282 g/mol. The van der Waals surface area contributed by atoms with Crippen LogP contribution in [0.2, 0.25) is 0 Å². The van der Waals surface area contributed by atoms with Crippen LogP contribution in [-0.2, 0) is 9.59 Å². The Morgan fingerprint density at radius 2 is 1.85 bits per heavy atom. The summed E-state index contributed by atoms with van der Waals surface area (Å²) in [6.07, 6.45) is 3.49. The van der Waals surface area contributed by atoms with Gasteiger partial charge in [0.25, 0.3) is 0 Å². The summed E-state index contributed by atoms with van der Waals surface area (Å²) in [5.74, 6) is 0.0692. The maximum atomic E-state index is 12.5. The molecule has 0 radical (unpaired) electrons. The van der Waals surface area contributed by atoms with Gasteiger partial charge in [0.15, 0.2) is 0 Å². The Morgan fingerprint density at radius 3 is 2.45 bits per heavy atom. The van der Waals surface area contributed by atoms with Crippen molar-refractivity contribution in [2.45, 2.75) is 58.5 Å². The summed E-state index contributed by atoms with van der Waals surface area (Å²) in [6.45, 7) is 7.76. The van der Waals surface area contributed by atoms with Gasteiger partial charge in [-0.1, -0.05) is 6.42 Å². The van der Waals surface area contributed by atoms with Crippen LogP contribution in [0.3, 0.4) is 0 Å². The van der Waals surface area contributed by atoms with E-state index in [-0.39, 0.29) is 11.9 Å². The molecule has 1 heterocycles. The fraction of sp³-hybridized carbons (Fsp3) is 0.867. The molecule has 2 fully saturated rings. The zero-order valence-electron chi connectivity index (χ0n) is 12.8. The largest absolute Gasteiger partial charge is 0.481 e. The number of hydrogen-bond donors (Lipinski definition) is 3. The molecule has 0 aromatic rings. The highest BCUT2D eigenvalue weighted by atomic mass is 16.4. The second-order valence-electron chi connectivity index (χ2n) is 7.29. The summed E-state index contributed by atoms with van der Waals surface area (Å²) < 4.78 is 0.